The molecule has 3 aromatic rings. The quantitative estimate of drug-likeness (QED) is 0.774. The summed E-state index contributed by atoms with van der Waals surface area (Å²) >= 11 is 1.85. The number of thiophene rings is 1. The molecule has 1 aliphatic rings. The molecule has 1 amide bonds. The summed E-state index contributed by atoms with van der Waals surface area (Å²) in [4.78, 5) is 16.3. The van der Waals surface area contributed by atoms with Gasteiger partial charge < -0.3 is 5.32 Å². The summed E-state index contributed by atoms with van der Waals surface area (Å²) in [6.07, 6.45) is 2.82. The van der Waals surface area contributed by atoms with E-state index in [9.17, 15) is 4.79 Å². The number of aromatic nitrogens is 2. The molecule has 4 rings (SSSR count). The maximum Gasteiger partial charge on any atom is 0.252 e. The summed E-state index contributed by atoms with van der Waals surface area (Å²) in [6.45, 7) is 3.60. The lowest BCUT2D eigenvalue weighted by Gasteiger charge is -2.26. The Hall–Kier alpha value is -2.18. The van der Waals surface area contributed by atoms with Gasteiger partial charge in [0.15, 0.2) is 0 Å². The van der Waals surface area contributed by atoms with E-state index < -0.39 is 0 Å². The Kier molecular flexibility index (Phi) is 3.85. The van der Waals surface area contributed by atoms with Crippen LogP contribution in [0.15, 0.2) is 35.8 Å². The number of H-pyrrole nitrogens is 1. The Balaban J connectivity index is 1.35. The number of benzene rings is 1. The lowest BCUT2D eigenvalue weighted by molar-refractivity contribution is 0.0949. The van der Waals surface area contributed by atoms with E-state index in [0.717, 1.165) is 37.0 Å². The highest BCUT2D eigenvalue weighted by Gasteiger charge is 2.17. The first-order valence-electron chi connectivity index (χ1n) is 7.79. The van der Waals surface area contributed by atoms with Crippen molar-refractivity contribution in [3.8, 4) is 0 Å². The minimum absolute atomic E-state index is 0.0368. The monoisotopic (exact) mass is 326 g/mol. The Bertz CT molecular complexity index is 838. The molecular weight excluding hydrogens is 308 g/mol. The highest BCUT2D eigenvalue weighted by Crippen LogP contribution is 2.23. The first kappa shape index (κ1) is 14.4. The Morgan fingerprint density at radius 2 is 2.35 bits per heavy atom. The largest absolute Gasteiger partial charge is 0.351 e. The van der Waals surface area contributed by atoms with Crippen LogP contribution >= 0.6 is 11.3 Å². The van der Waals surface area contributed by atoms with E-state index in [2.05, 4.69) is 31.9 Å². The van der Waals surface area contributed by atoms with Crippen LogP contribution in [0, 0.1) is 0 Å². The summed E-state index contributed by atoms with van der Waals surface area (Å²) in [5.41, 5.74) is 3.00. The van der Waals surface area contributed by atoms with E-state index in [1.54, 1.807) is 6.20 Å². The van der Waals surface area contributed by atoms with Gasteiger partial charge in [0.25, 0.3) is 5.91 Å². The molecule has 0 spiro atoms. The van der Waals surface area contributed by atoms with Crippen molar-refractivity contribution in [2.24, 2.45) is 0 Å². The number of hydrogen-bond acceptors (Lipinski definition) is 4. The summed E-state index contributed by atoms with van der Waals surface area (Å²) in [5, 5.41) is 13.0. The molecule has 1 aliphatic heterocycles. The van der Waals surface area contributed by atoms with Crippen LogP contribution in [0.25, 0.3) is 10.9 Å². The number of aromatic amines is 1. The van der Waals surface area contributed by atoms with Crippen LogP contribution in [0.2, 0.25) is 0 Å². The second kappa shape index (κ2) is 6.14. The van der Waals surface area contributed by atoms with E-state index >= 15 is 0 Å². The molecule has 0 fully saturated rings. The number of carbonyl (C=O) groups excluding carboxylic acids is 1. The molecule has 3 heterocycles. The number of fused-ring (bicyclic) bond motifs is 2. The first-order valence-corrected chi connectivity index (χ1v) is 8.67. The van der Waals surface area contributed by atoms with Gasteiger partial charge in [-0.05, 0) is 35.6 Å². The maximum absolute atomic E-state index is 12.4. The molecule has 118 valence electrons. The Labute approximate surface area is 138 Å². The predicted octanol–water partition coefficient (Wildman–Crippen LogP) is 2.41. The highest BCUT2D eigenvalue weighted by molar-refractivity contribution is 7.10. The molecule has 5 nitrogen and oxygen atoms in total. The molecule has 6 heteroatoms. The van der Waals surface area contributed by atoms with E-state index in [4.69, 9.17) is 0 Å². The number of hydrogen-bond donors (Lipinski definition) is 2. The van der Waals surface area contributed by atoms with Gasteiger partial charge in [0, 0.05) is 36.4 Å². The van der Waals surface area contributed by atoms with Gasteiger partial charge in [0.05, 0.1) is 17.3 Å². The van der Waals surface area contributed by atoms with Gasteiger partial charge in [-0.1, -0.05) is 6.07 Å². The number of nitrogens with one attached hydrogen (secondary N) is 2. The third-order valence-electron chi connectivity index (χ3n) is 4.33. The highest BCUT2D eigenvalue weighted by atomic mass is 32.1. The van der Waals surface area contributed by atoms with Crippen molar-refractivity contribution >= 4 is 28.1 Å². The maximum atomic E-state index is 12.4. The number of carbonyl (C=O) groups is 1. The summed E-state index contributed by atoms with van der Waals surface area (Å²) in [5.74, 6) is -0.0368. The molecule has 0 saturated heterocycles. The standard InChI is InChI=1S/C17H18N4OS/c22-17(13-2-1-3-15-14(13)10-19-20-15)18-6-8-21-7-4-16-12(11-21)5-9-23-16/h1-3,5,9-10H,4,6-8,11H2,(H,18,22)(H,19,20). The smallest absolute Gasteiger partial charge is 0.252 e. The molecule has 0 atom stereocenters. The van der Waals surface area contributed by atoms with E-state index in [-0.39, 0.29) is 5.91 Å². The van der Waals surface area contributed by atoms with E-state index in [0.29, 0.717) is 12.1 Å². The zero-order valence-electron chi connectivity index (χ0n) is 12.7. The number of rotatable bonds is 4. The fourth-order valence-electron chi connectivity index (χ4n) is 3.09. The van der Waals surface area contributed by atoms with Crippen LogP contribution in [0.1, 0.15) is 20.8 Å². The SMILES string of the molecule is O=C(NCCN1CCc2sccc2C1)c1cccc2[nH]ncc12. The third-order valence-corrected chi connectivity index (χ3v) is 5.35. The van der Waals surface area contributed by atoms with Crippen molar-refractivity contribution < 1.29 is 4.79 Å². The van der Waals surface area contributed by atoms with Gasteiger partial charge in [-0.2, -0.15) is 5.10 Å². The van der Waals surface area contributed by atoms with E-state index in [1.165, 1.54) is 10.4 Å². The average Bonchev–Trinajstić information content (AvgIpc) is 3.22. The molecular formula is C17H18N4OS. The number of nitrogens with zero attached hydrogens (tertiary/aromatic N) is 2. The van der Waals surface area contributed by atoms with Crippen molar-refractivity contribution in [3.05, 3.63) is 51.8 Å². The molecule has 0 bridgehead atoms. The van der Waals surface area contributed by atoms with Gasteiger partial charge in [-0.15, -0.1) is 11.3 Å². The Morgan fingerprint density at radius 3 is 3.30 bits per heavy atom. The molecule has 0 aliphatic carbocycles. The van der Waals surface area contributed by atoms with Crippen LogP contribution in [0.4, 0.5) is 0 Å². The summed E-state index contributed by atoms with van der Waals surface area (Å²) < 4.78 is 0. The summed E-state index contributed by atoms with van der Waals surface area (Å²) in [6, 6.07) is 7.85. The normalized spacial score (nSPS) is 14.8. The summed E-state index contributed by atoms with van der Waals surface area (Å²) in [7, 11) is 0. The van der Waals surface area contributed by atoms with Gasteiger partial charge >= 0.3 is 0 Å². The fourth-order valence-corrected chi connectivity index (χ4v) is 3.98. The van der Waals surface area contributed by atoms with Gasteiger partial charge in [-0.3, -0.25) is 14.8 Å². The molecule has 2 N–H and O–H groups in total. The van der Waals surface area contributed by atoms with Crippen LogP contribution in [-0.4, -0.2) is 40.6 Å². The zero-order valence-corrected chi connectivity index (χ0v) is 13.5. The van der Waals surface area contributed by atoms with Crippen LogP contribution < -0.4 is 5.32 Å². The molecule has 0 saturated carbocycles. The fraction of sp³-hybridized carbons (Fsp3) is 0.294. The second-order valence-corrected chi connectivity index (χ2v) is 6.79. The molecule has 2 aromatic heterocycles. The van der Waals surface area contributed by atoms with E-state index in [1.807, 2.05) is 29.5 Å². The number of amides is 1. The van der Waals surface area contributed by atoms with Gasteiger partial charge in [0.1, 0.15) is 0 Å². The second-order valence-electron chi connectivity index (χ2n) is 5.79. The first-order chi connectivity index (χ1) is 11.3. The van der Waals surface area contributed by atoms with Crippen molar-refractivity contribution in [1.82, 2.24) is 20.4 Å². The lowest BCUT2D eigenvalue weighted by Crippen LogP contribution is -2.37. The van der Waals surface area contributed by atoms with Gasteiger partial charge in [0.2, 0.25) is 0 Å². The molecule has 0 radical (unpaired) electrons. The van der Waals surface area contributed by atoms with Gasteiger partial charge in [-0.25, -0.2) is 0 Å². The molecule has 23 heavy (non-hydrogen) atoms. The molecule has 1 aromatic carbocycles. The topological polar surface area (TPSA) is 61.0 Å². The minimum atomic E-state index is -0.0368. The Morgan fingerprint density at radius 1 is 1.39 bits per heavy atom. The lowest BCUT2D eigenvalue weighted by atomic mass is 10.1. The van der Waals surface area contributed by atoms with Crippen molar-refractivity contribution in [1.29, 1.82) is 0 Å². The minimum Gasteiger partial charge on any atom is -0.351 e. The molecule has 0 unspecified atom stereocenters. The van der Waals surface area contributed by atoms with Crippen molar-refractivity contribution in [2.45, 2.75) is 13.0 Å². The van der Waals surface area contributed by atoms with Crippen LogP contribution in [0.5, 0.6) is 0 Å². The van der Waals surface area contributed by atoms with Crippen LogP contribution in [-0.2, 0) is 13.0 Å². The predicted molar refractivity (Wildman–Crippen MR) is 91.7 cm³/mol. The zero-order chi connectivity index (χ0) is 15.6. The van der Waals surface area contributed by atoms with Crippen molar-refractivity contribution in [3.63, 3.8) is 0 Å². The van der Waals surface area contributed by atoms with Crippen LogP contribution in [0.3, 0.4) is 0 Å². The van der Waals surface area contributed by atoms with Crippen molar-refractivity contribution in [2.75, 3.05) is 19.6 Å². The third kappa shape index (κ3) is 2.87. The average molecular weight is 326 g/mol.